The second-order valence-electron chi connectivity index (χ2n) is 9.35. The minimum absolute atomic E-state index is 0.250. The van der Waals surface area contributed by atoms with Gasteiger partial charge in [-0.2, -0.15) is 0 Å². The molecule has 4 heterocycles. The number of rotatable bonds is 5. The number of esters is 1. The summed E-state index contributed by atoms with van der Waals surface area (Å²) in [5, 5.41) is 1.04. The van der Waals surface area contributed by atoms with Crippen molar-refractivity contribution in [1.29, 1.82) is 0 Å². The molecule has 3 aliphatic rings. The van der Waals surface area contributed by atoms with Crippen LogP contribution in [0.4, 0.5) is 5.82 Å². The number of morpholine rings is 1. The van der Waals surface area contributed by atoms with Gasteiger partial charge in [0, 0.05) is 26.2 Å². The maximum Gasteiger partial charge on any atom is 0.348 e. The van der Waals surface area contributed by atoms with E-state index in [1.807, 2.05) is 13.8 Å². The number of anilines is 1. The fourth-order valence-electron chi connectivity index (χ4n) is 5.60. The lowest BCUT2D eigenvalue weighted by molar-refractivity contribution is 0.0331. The summed E-state index contributed by atoms with van der Waals surface area (Å²) in [6.45, 7) is 10.4. The average Bonchev–Trinajstić information content (AvgIpc) is 3.15. The van der Waals surface area contributed by atoms with Crippen LogP contribution in [0.3, 0.4) is 0 Å². The van der Waals surface area contributed by atoms with Gasteiger partial charge in [0.2, 0.25) is 0 Å². The highest BCUT2D eigenvalue weighted by Crippen LogP contribution is 2.41. The zero-order chi connectivity index (χ0) is 22.1. The Morgan fingerprint density at radius 3 is 2.69 bits per heavy atom. The van der Waals surface area contributed by atoms with E-state index in [0.29, 0.717) is 11.5 Å². The molecular formula is C24H34N4O3S. The lowest BCUT2D eigenvalue weighted by atomic mass is 9.75. The Hall–Kier alpha value is -1.77. The largest absolute Gasteiger partial charge is 0.462 e. The van der Waals surface area contributed by atoms with Crippen molar-refractivity contribution in [2.45, 2.75) is 52.5 Å². The van der Waals surface area contributed by atoms with Crippen LogP contribution in [0.25, 0.3) is 10.2 Å². The topological polar surface area (TPSA) is 67.8 Å². The summed E-state index contributed by atoms with van der Waals surface area (Å²) < 4.78 is 10.8. The summed E-state index contributed by atoms with van der Waals surface area (Å²) in [6.07, 6.45) is 6.68. The number of carbonyl (C=O) groups excluding carboxylic acids is 1. The van der Waals surface area contributed by atoms with Crippen molar-refractivity contribution in [2.24, 2.45) is 11.8 Å². The maximum absolute atomic E-state index is 12.6. The minimum atomic E-state index is -0.250. The summed E-state index contributed by atoms with van der Waals surface area (Å²) in [6, 6.07) is 0. The number of ether oxygens (including phenoxy) is 2. The Labute approximate surface area is 194 Å². The number of hydrogen-bond acceptors (Lipinski definition) is 8. The molecule has 5 rings (SSSR count). The van der Waals surface area contributed by atoms with E-state index in [1.165, 1.54) is 43.4 Å². The van der Waals surface area contributed by atoms with Crippen LogP contribution in [0.1, 0.15) is 60.1 Å². The number of thiophene rings is 1. The second kappa shape index (κ2) is 9.61. The molecule has 0 amide bonds. The van der Waals surface area contributed by atoms with Crippen LogP contribution in [0.5, 0.6) is 0 Å². The van der Waals surface area contributed by atoms with E-state index in [2.05, 4.69) is 9.80 Å². The van der Waals surface area contributed by atoms with E-state index < -0.39 is 0 Å². The lowest BCUT2D eigenvalue weighted by Gasteiger charge is -2.42. The first-order valence-corrected chi connectivity index (χ1v) is 13.0. The van der Waals surface area contributed by atoms with Gasteiger partial charge in [0.1, 0.15) is 21.3 Å². The highest BCUT2D eigenvalue weighted by Gasteiger charge is 2.33. The summed E-state index contributed by atoms with van der Waals surface area (Å²) in [5.41, 5.74) is 0.960. The fraction of sp³-hybridized carbons (Fsp3) is 0.708. The Morgan fingerprint density at radius 1 is 1.12 bits per heavy atom. The summed E-state index contributed by atoms with van der Waals surface area (Å²) in [4.78, 5) is 29.1. The third-order valence-corrected chi connectivity index (χ3v) is 8.50. The van der Waals surface area contributed by atoms with Crippen molar-refractivity contribution in [2.75, 3.05) is 50.9 Å². The van der Waals surface area contributed by atoms with Crippen LogP contribution in [0, 0.1) is 18.8 Å². The van der Waals surface area contributed by atoms with Gasteiger partial charge < -0.3 is 14.4 Å². The first-order chi connectivity index (χ1) is 15.6. The molecule has 2 aromatic heterocycles. The number of carbonyl (C=O) groups is 1. The molecule has 8 heteroatoms. The van der Waals surface area contributed by atoms with Crippen LogP contribution in [0.15, 0.2) is 0 Å². The highest BCUT2D eigenvalue weighted by molar-refractivity contribution is 7.20. The van der Waals surface area contributed by atoms with Gasteiger partial charge in [0.25, 0.3) is 0 Å². The van der Waals surface area contributed by atoms with E-state index >= 15 is 0 Å². The quantitative estimate of drug-likeness (QED) is 0.627. The number of fused-ring (bicyclic) bond motifs is 2. The number of aromatic nitrogens is 2. The molecule has 1 saturated carbocycles. The Morgan fingerprint density at radius 2 is 1.91 bits per heavy atom. The average molecular weight is 459 g/mol. The highest BCUT2D eigenvalue weighted by atomic mass is 32.1. The van der Waals surface area contributed by atoms with Gasteiger partial charge in [-0.05, 0) is 44.1 Å². The van der Waals surface area contributed by atoms with Crippen molar-refractivity contribution < 1.29 is 14.3 Å². The fourth-order valence-corrected chi connectivity index (χ4v) is 6.69. The summed E-state index contributed by atoms with van der Waals surface area (Å²) in [5.74, 6) is 3.24. The molecule has 2 unspecified atom stereocenters. The van der Waals surface area contributed by atoms with Crippen LogP contribution < -0.4 is 4.90 Å². The Bertz CT molecular complexity index is 972. The number of piperidine rings is 1. The van der Waals surface area contributed by atoms with E-state index in [0.717, 1.165) is 85.2 Å². The van der Waals surface area contributed by atoms with Crippen LogP contribution in [0.2, 0.25) is 0 Å². The maximum atomic E-state index is 12.6. The van der Waals surface area contributed by atoms with Crippen LogP contribution in [-0.4, -0.2) is 66.8 Å². The molecule has 7 nitrogen and oxygen atoms in total. The molecule has 0 N–H and O–H groups in total. The monoisotopic (exact) mass is 458 g/mol. The summed E-state index contributed by atoms with van der Waals surface area (Å²) >= 11 is 1.45. The molecule has 0 radical (unpaired) electrons. The first kappa shape index (κ1) is 22.0. The van der Waals surface area contributed by atoms with Gasteiger partial charge in [0.15, 0.2) is 0 Å². The van der Waals surface area contributed by atoms with Gasteiger partial charge >= 0.3 is 5.97 Å². The molecule has 0 aromatic carbocycles. The molecule has 2 aromatic rings. The minimum Gasteiger partial charge on any atom is -0.462 e. The van der Waals surface area contributed by atoms with Crippen molar-refractivity contribution in [3.8, 4) is 0 Å². The molecule has 32 heavy (non-hydrogen) atoms. The molecule has 0 bridgehead atoms. The predicted octanol–water partition coefficient (Wildman–Crippen LogP) is 4.03. The normalized spacial score (nSPS) is 24.5. The van der Waals surface area contributed by atoms with Gasteiger partial charge in [-0.1, -0.05) is 19.3 Å². The van der Waals surface area contributed by atoms with Crippen molar-refractivity contribution in [3.05, 3.63) is 16.3 Å². The van der Waals surface area contributed by atoms with Gasteiger partial charge in [-0.15, -0.1) is 11.3 Å². The molecule has 1 aliphatic carbocycles. The molecule has 0 spiro atoms. The third-order valence-electron chi connectivity index (χ3n) is 7.34. The van der Waals surface area contributed by atoms with E-state index in [4.69, 9.17) is 19.4 Å². The van der Waals surface area contributed by atoms with Crippen LogP contribution in [-0.2, 0) is 16.0 Å². The Kier molecular flexibility index (Phi) is 6.62. The third kappa shape index (κ3) is 4.37. The molecular weight excluding hydrogens is 424 g/mol. The molecule has 2 aliphatic heterocycles. The zero-order valence-corrected chi connectivity index (χ0v) is 20.1. The predicted molar refractivity (Wildman–Crippen MR) is 126 cm³/mol. The van der Waals surface area contributed by atoms with Gasteiger partial charge in [0.05, 0.1) is 31.8 Å². The van der Waals surface area contributed by atoms with Gasteiger partial charge in [-0.25, -0.2) is 14.8 Å². The van der Waals surface area contributed by atoms with Crippen molar-refractivity contribution >= 4 is 33.3 Å². The smallest absolute Gasteiger partial charge is 0.348 e. The second-order valence-corrected chi connectivity index (χ2v) is 10.3. The number of hydrogen-bond donors (Lipinski definition) is 0. The number of aryl methyl sites for hydroxylation is 1. The summed E-state index contributed by atoms with van der Waals surface area (Å²) in [7, 11) is 0. The molecule has 2 atom stereocenters. The van der Waals surface area contributed by atoms with E-state index in [1.54, 1.807) is 0 Å². The van der Waals surface area contributed by atoms with Gasteiger partial charge in [-0.3, -0.25) is 4.90 Å². The molecule has 174 valence electrons. The lowest BCUT2D eigenvalue weighted by Crippen LogP contribution is -2.42. The first-order valence-electron chi connectivity index (χ1n) is 12.2. The number of nitrogens with zero attached hydrogens (tertiary/aromatic N) is 4. The zero-order valence-electron chi connectivity index (χ0n) is 19.3. The van der Waals surface area contributed by atoms with Crippen molar-refractivity contribution in [1.82, 2.24) is 14.9 Å². The standard InChI is InChI=1S/C24H34N4O3S/c1-3-31-24(29)21-16(2)20-22(28-9-8-17-6-4-5-7-18(17)14-28)25-19(26-23(20)32-21)15-27-10-12-30-13-11-27/h17-18H,3-15H2,1-2H3. The molecule has 2 saturated heterocycles. The molecule has 3 fully saturated rings. The SMILES string of the molecule is CCOC(=O)c1sc2nc(CN3CCOCC3)nc(N3CCC4CCCCC4C3)c2c1C. The Balaban J connectivity index is 1.52. The van der Waals surface area contributed by atoms with E-state index in [-0.39, 0.29) is 5.97 Å². The van der Waals surface area contributed by atoms with E-state index in [9.17, 15) is 4.79 Å². The van der Waals surface area contributed by atoms with Crippen LogP contribution >= 0.6 is 11.3 Å². The van der Waals surface area contributed by atoms with Crippen molar-refractivity contribution in [3.63, 3.8) is 0 Å².